The van der Waals surface area contributed by atoms with Crippen molar-refractivity contribution in [3.8, 4) is 0 Å². The lowest BCUT2D eigenvalue weighted by Crippen LogP contribution is -2.60. The van der Waals surface area contributed by atoms with Crippen LogP contribution in [0.4, 0.5) is 0 Å². The molecule has 1 N–H and O–H groups in total. The zero-order valence-electron chi connectivity index (χ0n) is 10.8. The van der Waals surface area contributed by atoms with Gasteiger partial charge in [0.15, 0.2) is 0 Å². The van der Waals surface area contributed by atoms with Gasteiger partial charge in [-0.2, -0.15) is 0 Å². The van der Waals surface area contributed by atoms with E-state index < -0.39 is 0 Å². The fourth-order valence-electron chi connectivity index (χ4n) is 2.96. The van der Waals surface area contributed by atoms with Crippen molar-refractivity contribution in [3.05, 3.63) is 35.9 Å². The number of likely N-dealkylation sites (N-methyl/N-ethyl adjacent to an activating group) is 1. The molecule has 2 fully saturated rings. The van der Waals surface area contributed by atoms with Crippen molar-refractivity contribution in [2.75, 3.05) is 20.1 Å². The monoisotopic (exact) mass is 230 g/mol. The van der Waals surface area contributed by atoms with Gasteiger partial charge in [0.2, 0.25) is 0 Å². The van der Waals surface area contributed by atoms with Gasteiger partial charge in [-0.3, -0.25) is 4.90 Å². The summed E-state index contributed by atoms with van der Waals surface area (Å²) in [5.74, 6) is 0.942. The molecule has 2 atom stereocenters. The quantitative estimate of drug-likeness (QED) is 0.838. The highest BCUT2D eigenvalue weighted by Crippen LogP contribution is 2.37. The van der Waals surface area contributed by atoms with Crippen molar-refractivity contribution >= 4 is 0 Å². The van der Waals surface area contributed by atoms with Crippen LogP contribution in [0.2, 0.25) is 0 Å². The first kappa shape index (κ1) is 11.2. The lowest BCUT2D eigenvalue weighted by molar-refractivity contribution is 0.0714. The molecule has 2 unspecified atom stereocenters. The summed E-state index contributed by atoms with van der Waals surface area (Å²) in [5, 5.41) is 3.76. The molecule has 3 rings (SSSR count). The fraction of sp³-hybridized carbons (Fsp3) is 0.600. The molecular weight excluding hydrogens is 208 g/mol. The van der Waals surface area contributed by atoms with Crippen LogP contribution < -0.4 is 5.32 Å². The van der Waals surface area contributed by atoms with Crippen molar-refractivity contribution in [1.82, 2.24) is 10.2 Å². The largest absolute Gasteiger partial charge is 0.310 e. The molecule has 0 amide bonds. The standard InChI is InChI=1S/C15H22N2/c1-15(13-6-4-3-5-7-13)11-16-14(10-17(15)2)12-8-9-12/h3-7,12,14,16H,8-11H2,1-2H3. The molecule has 1 aliphatic carbocycles. The number of hydrogen-bond donors (Lipinski definition) is 1. The van der Waals surface area contributed by atoms with Crippen LogP contribution in [0.3, 0.4) is 0 Å². The predicted octanol–water partition coefficient (Wildman–Crippen LogP) is 2.22. The van der Waals surface area contributed by atoms with E-state index in [-0.39, 0.29) is 5.54 Å². The minimum atomic E-state index is 0.145. The van der Waals surface area contributed by atoms with Gasteiger partial charge in [-0.1, -0.05) is 30.3 Å². The summed E-state index contributed by atoms with van der Waals surface area (Å²) in [4.78, 5) is 2.53. The van der Waals surface area contributed by atoms with Gasteiger partial charge in [-0.15, -0.1) is 0 Å². The Bertz CT molecular complexity index is 385. The Morgan fingerprint density at radius 1 is 1.24 bits per heavy atom. The molecule has 1 saturated heterocycles. The van der Waals surface area contributed by atoms with E-state index in [1.807, 2.05) is 0 Å². The van der Waals surface area contributed by atoms with Gasteiger partial charge in [0.1, 0.15) is 0 Å². The molecule has 0 radical (unpaired) electrons. The van der Waals surface area contributed by atoms with E-state index in [4.69, 9.17) is 0 Å². The third kappa shape index (κ3) is 2.00. The molecule has 1 heterocycles. The average Bonchev–Trinajstić information content (AvgIpc) is 3.18. The third-order valence-corrected chi connectivity index (χ3v) is 4.61. The summed E-state index contributed by atoms with van der Waals surface area (Å²) in [6, 6.07) is 11.6. The van der Waals surface area contributed by atoms with Crippen LogP contribution in [0.25, 0.3) is 0 Å². The van der Waals surface area contributed by atoms with Gasteiger partial charge in [-0.05, 0) is 38.3 Å². The van der Waals surface area contributed by atoms with Crippen LogP contribution in [-0.2, 0) is 5.54 Å². The molecule has 1 aliphatic heterocycles. The molecule has 2 nitrogen and oxygen atoms in total. The van der Waals surface area contributed by atoms with Gasteiger partial charge in [-0.25, -0.2) is 0 Å². The molecule has 92 valence electrons. The molecule has 2 heteroatoms. The summed E-state index contributed by atoms with van der Waals surface area (Å²) in [5.41, 5.74) is 1.57. The second kappa shape index (κ2) is 4.11. The zero-order chi connectivity index (χ0) is 11.9. The van der Waals surface area contributed by atoms with Crippen LogP contribution >= 0.6 is 0 Å². The Kier molecular flexibility index (Phi) is 2.72. The highest BCUT2D eigenvalue weighted by molar-refractivity contribution is 5.25. The number of piperazine rings is 1. The average molecular weight is 230 g/mol. The van der Waals surface area contributed by atoms with E-state index in [1.165, 1.54) is 24.9 Å². The molecule has 0 bridgehead atoms. The normalized spacial score (nSPS) is 34.8. The summed E-state index contributed by atoms with van der Waals surface area (Å²) in [6.45, 7) is 4.59. The summed E-state index contributed by atoms with van der Waals surface area (Å²) in [6.07, 6.45) is 2.85. The number of hydrogen-bond acceptors (Lipinski definition) is 2. The summed E-state index contributed by atoms with van der Waals surface area (Å²) >= 11 is 0. The van der Waals surface area contributed by atoms with Crippen molar-refractivity contribution in [3.63, 3.8) is 0 Å². The molecule has 1 saturated carbocycles. The Hall–Kier alpha value is -0.860. The van der Waals surface area contributed by atoms with Gasteiger partial charge in [0.25, 0.3) is 0 Å². The Morgan fingerprint density at radius 2 is 1.94 bits per heavy atom. The van der Waals surface area contributed by atoms with Crippen molar-refractivity contribution < 1.29 is 0 Å². The number of nitrogens with one attached hydrogen (secondary N) is 1. The SMILES string of the molecule is CN1CC(C2CC2)NCC1(C)c1ccccc1. The zero-order valence-corrected chi connectivity index (χ0v) is 10.8. The molecule has 2 aliphatic rings. The van der Waals surface area contributed by atoms with Crippen LogP contribution in [0, 0.1) is 5.92 Å². The van der Waals surface area contributed by atoms with E-state index in [0.717, 1.165) is 18.5 Å². The van der Waals surface area contributed by atoms with Gasteiger partial charge >= 0.3 is 0 Å². The highest BCUT2D eigenvalue weighted by Gasteiger charge is 2.41. The van der Waals surface area contributed by atoms with Crippen LogP contribution in [0.5, 0.6) is 0 Å². The predicted molar refractivity (Wildman–Crippen MR) is 70.9 cm³/mol. The van der Waals surface area contributed by atoms with Crippen LogP contribution in [0.1, 0.15) is 25.3 Å². The number of nitrogens with zero attached hydrogens (tertiary/aromatic N) is 1. The van der Waals surface area contributed by atoms with Gasteiger partial charge in [0, 0.05) is 19.1 Å². The lowest BCUT2D eigenvalue weighted by Gasteiger charge is -2.47. The van der Waals surface area contributed by atoms with Gasteiger partial charge in [0.05, 0.1) is 5.54 Å². The van der Waals surface area contributed by atoms with Crippen molar-refractivity contribution in [1.29, 1.82) is 0 Å². The van der Waals surface area contributed by atoms with E-state index >= 15 is 0 Å². The highest BCUT2D eigenvalue weighted by atomic mass is 15.3. The Balaban J connectivity index is 1.79. The van der Waals surface area contributed by atoms with E-state index in [9.17, 15) is 0 Å². The Morgan fingerprint density at radius 3 is 2.53 bits per heavy atom. The lowest BCUT2D eigenvalue weighted by atomic mass is 9.87. The number of benzene rings is 1. The molecule has 0 aromatic heterocycles. The van der Waals surface area contributed by atoms with Crippen LogP contribution in [0.15, 0.2) is 30.3 Å². The van der Waals surface area contributed by atoms with Crippen LogP contribution in [-0.4, -0.2) is 31.1 Å². The summed E-state index contributed by atoms with van der Waals surface area (Å²) in [7, 11) is 2.27. The first-order valence-electron chi connectivity index (χ1n) is 6.70. The first-order chi connectivity index (χ1) is 8.20. The smallest absolute Gasteiger partial charge is 0.0555 e. The van der Waals surface area contributed by atoms with E-state index in [0.29, 0.717) is 0 Å². The molecule has 0 spiro atoms. The topological polar surface area (TPSA) is 15.3 Å². The number of rotatable bonds is 2. The minimum absolute atomic E-state index is 0.145. The fourth-order valence-corrected chi connectivity index (χ4v) is 2.96. The molecular formula is C15H22N2. The molecule has 17 heavy (non-hydrogen) atoms. The second-order valence-electron chi connectivity index (χ2n) is 5.85. The minimum Gasteiger partial charge on any atom is -0.310 e. The van der Waals surface area contributed by atoms with E-state index in [2.05, 4.69) is 54.5 Å². The maximum atomic E-state index is 3.76. The van der Waals surface area contributed by atoms with E-state index in [1.54, 1.807) is 0 Å². The maximum Gasteiger partial charge on any atom is 0.0555 e. The molecule has 1 aromatic rings. The third-order valence-electron chi connectivity index (χ3n) is 4.61. The van der Waals surface area contributed by atoms with Gasteiger partial charge < -0.3 is 5.32 Å². The van der Waals surface area contributed by atoms with Crippen molar-refractivity contribution in [2.24, 2.45) is 5.92 Å². The second-order valence-corrected chi connectivity index (χ2v) is 5.85. The maximum absolute atomic E-state index is 3.76. The summed E-state index contributed by atoms with van der Waals surface area (Å²) < 4.78 is 0. The first-order valence-corrected chi connectivity index (χ1v) is 6.70. The Labute approximate surface area is 104 Å². The molecule has 1 aromatic carbocycles. The van der Waals surface area contributed by atoms with Crippen molar-refractivity contribution in [2.45, 2.75) is 31.3 Å².